The summed E-state index contributed by atoms with van der Waals surface area (Å²) in [4.78, 5) is 18.3. The number of aliphatic hydroxyl groups is 1. The van der Waals surface area contributed by atoms with Gasteiger partial charge in [-0.1, -0.05) is 83.9 Å². The maximum absolute atomic E-state index is 13.4. The highest BCUT2D eigenvalue weighted by molar-refractivity contribution is 6.30. The molecule has 0 saturated heterocycles. The number of benzene rings is 4. The summed E-state index contributed by atoms with van der Waals surface area (Å²) in [6.07, 6.45) is 1.36. The molecule has 0 amide bonds. The SMILES string of the molecule is O=C(O)C(c1ccc(Cl)cc1)(c1ccc(Cl)cc1)c1ccc2nc(C3CC3)n(C[C@H](O)c3ccccc3)c2c1. The van der Waals surface area contributed by atoms with Gasteiger partial charge < -0.3 is 14.8 Å². The van der Waals surface area contributed by atoms with Crippen LogP contribution in [0.25, 0.3) is 11.0 Å². The van der Waals surface area contributed by atoms with E-state index in [1.807, 2.05) is 48.5 Å². The predicted molar refractivity (Wildman–Crippen MR) is 154 cm³/mol. The summed E-state index contributed by atoms with van der Waals surface area (Å²) >= 11 is 12.4. The number of hydrogen-bond acceptors (Lipinski definition) is 3. The number of carbonyl (C=O) groups is 1. The van der Waals surface area contributed by atoms with Crippen LogP contribution >= 0.6 is 23.2 Å². The standard InChI is InChI=1S/C32H26Cl2N2O3/c33-25-13-8-22(9-14-25)32(31(38)39,23-10-15-26(34)16-11-23)24-12-17-27-28(18-24)36(30(35-27)21-6-7-21)19-29(37)20-4-2-1-3-5-20/h1-5,8-18,21,29,37H,6-7,19H2,(H,38,39)/t29-/m0/s1. The van der Waals surface area contributed by atoms with Gasteiger partial charge in [0.25, 0.3) is 0 Å². The van der Waals surface area contributed by atoms with Gasteiger partial charge in [0.1, 0.15) is 11.2 Å². The van der Waals surface area contributed by atoms with E-state index in [0.29, 0.717) is 39.2 Å². The number of aliphatic hydroxyl groups excluding tert-OH is 1. The molecule has 0 unspecified atom stereocenters. The average Bonchev–Trinajstić information content (AvgIpc) is 3.73. The largest absolute Gasteiger partial charge is 0.480 e. The second kappa shape index (κ2) is 10.2. The molecule has 1 saturated carbocycles. The number of aromatic nitrogens is 2. The molecule has 2 N–H and O–H groups in total. The van der Waals surface area contributed by atoms with Gasteiger partial charge in [-0.15, -0.1) is 0 Å². The summed E-state index contributed by atoms with van der Waals surface area (Å²) < 4.78 is 2.06. The number of hydrogen-bond donors (Lipinski definition) is 2. The van der Waals surface area contributed by atoms with Crippen molar-refractivity contribution in [3.8, 4) is 0 Å². The highest BCUT2D eigenvalue weighted by atomic mass is 35.5. The Hall–Kier alpha value is -3.64. The van der Waals surface area contributed by atoms with Crippen molar-refractivity contribution in [1.29, 1.82) is 0 Å². The molecule has 1 aliphatic carbocycles. The number of nitrogens with zero attached hydrogens (tertiary/aromatic N) is 2. The first-order valence-corrected chi connectivity index (χ1v) is 13.6. The third kappa shape index (κ3) is 4.61. The average molecular weight is 557 g/mol. The molecule has 0 radical (unpaired) electrons. The monoisotopic (exact) mass is 556 g/mol. The van der Waals surface area contributed by atoms with Crippen LogP contribution in [0.1, 0.15) is 52.9 Å². The van der Waals surface area contributed by atoms with Crippen LogP contribution in [0.2, 0.25) is 10.0 Å². The minimum Gasteiger partial charge on any atom is -0.480 e. The van der Waals surface area contributed by atoms with Gasteiger partial charge in [0.15, 0.2) is 0 Å². The zero-order chi connectivity index (χ0) is 27.1. The molecule has 0 bridgehead atoms. The Labute approximate surface area is 236 Å². The molecule has 1 aromatic heterocycles. The fourth-order valence-electron chi connectivity index (χ4n) is 5.44. The van der Waals surface area contributed by atoms with Crippen LogP contribution in [0.4, 0.5) is 0 Å². The molecule has 0 aliphatic heterocycles. The van der Waals surface area contributed by atoms with Crippen molar-refractivity contribution in [3.05, 3.63) is 135 Å². The molecule has 5 aromatic rings. The molecule has 1 fully saturated rings. The lowest BCUT2D eigenvalue weighted by molar-refractivity contribution is -0.140. The summed E-state index contributed by atoms with van der Waals surface area (Å²) in [6.45, 7) is 0.317. The summed E-state index contributed by atoms with van der Waals surface area (Å²) in [6, 6.07) is 29.0. The van der Waals surface area contributed by atoms with Crippen molar-refractivity contribution in [2.45, 2.75) is 36.8 Å². The van der Waals surface area contributed by atoms with E-state index in [9.17, 15) is 15.0 Å². The number of fused-ring (bicyclic) bond motifs is 1. The lowest BCUT2D eigenvalue weighted by atomic mass is 9.69. The van der Waals surface area contributed by atoms with Crippen molar-refractivity contribution in [2.24, 2.45) is 0 Å². The molecule has 196 valence electrons. The highest BCUT2D eigenvalue weighted by Crippen LogP contribution is 2.44. The van der Waals surface area contributed by atoms with Crippen LogP contribution in [0.3, 0.4) is 0 Å². The van der Waals surface area contributed by atoms with Gasteiger partial charge in [0, 0.05) is 16.0 Å². The second-order valence-electron chi connectivity index (χ2n) is 10.1. The van der Waals surface area contributed by atoms with Gasteiger partial charge in [0.05, 0.1) is 23.7 Å². The van der Waals surface area contributed by atoms with E-state index in [4.69, 9.17) is 28.2 Å². The first kappa shape index (κ1) is 25.6. The molecule has 1 atom stereocenters. The normalized spacial score (nSPS) is 14.4. The van der Waals surface area contributed by atoms with Crippen LogP contribution in [0.15, 0.2) is 97.1 Å². The predicted octanol–water partition coefficient (Wildman–Crippen LogP) is 7.37. The molecular weight excluding hydrogens is 531 g/mol. The van der Waals surface area contributed by atoms with Gasteiger partial charge in [0.2, 0.25) is 0 Å². The molecule has 0 spiro atoms. The fraction of sp³-hybridized carbons (Fsp3) is 0.188. The molecule has 6 rings (SSSR count). The van der Waals surface area contributed by atoms with E-state index < -0.39 is 17.5 Å². The fourth-order valence-corrected chi connectivity index (χ4v) is 5.70. The van der Waals surface area contributed by atoms with Gasteiger partial charge >= 0.3 is 5.97 Å². The first-order valence-electron chi connectivity index (χ1n) is 12.9. The van der Waals surface area contributed by atoms with Crippen molar-refractivity contribution < 1.29 is 15.0 Å². The maximum Gasteiger partial charge on any atom is 0.323 e. The second-order valence-corrected chi connectivity index (χ2v) is 10.9. The maximum atomic E-state index is 13.4. The minimum atomic E-state index is -1.53. The zero-order valence-corrected chi connectivity index (χ0v) is 22.5. The Morgan fingerprint density at radius 3 is 1.97 bits per heavy atom. The molecule has 7 heteroatoms. The van der Waals surface area contributed by atoms with Crippen LogP contribution in [0, 0.1) is 0 Å². The molecule has 4 aromatic carbocycles. The number of aliphatic carboxylic acids is 1. The highest BCUT2D eigenvalue weighted by Gasteiger charge is 2.44. The summed E-state index contributed by atoms with van der Waals surface area (Å²) in [5.74, 6) is 0.237. The Morgan fingerprint density at radius 1 is 0.872 bits per heavy atom. The topological polar surface area (TPSA) is 75.3 Å². The van der Waals surface area contributed by atoms with Crippen LogP contribution in [-0.2, 0) is 16.8 Å². The number of carboxylic acids is 1. The van der Waals surface area contributed by atoms with E-state index in [0.717, 1.165) is 35.3 Å². The van der Waals surface area contributed by atoms with Gasteiger partial charge in [-0.05, 0) is 71.5 Å². The summed E-state index contributed by atoms with van der Waals surface area (Å²) in [5, 5.41) is 23.1. The zero-order valence-electron chi connectivity index (χ0n) is 21.0. The lowest BCUT2D eigenvalue weighted by Gasteiger charge is -2.31. The van der Waals surface area contributed by atoms with Crippen molar-refractivity contribution in [2.75, 3.05) is 0 Å². The Bertz CT molecular complexity index is 1600. The van der Waals surface area contributed by atoms with Crippen molar-refractivity contribution >= 4 is 40.2 Å². The minimum absolute atomic E-state index is 0.317. The van der Waals surface area contributed by atoms with E-state index in [-0.39, 0.29) is 0 Å². The molecule has 1 heterocycles. The third-order valence-electron chi connectivity index (χ3n) is 7.57. The van der Waals surface area contributed by atoms with Crippen LogP contribution in [0.5, 0.6) is 0 Å². The first-order chi connectivity index (χ1) is 18.9. The smallest absolute Gasteiger partial charge is 0.323 e. The lowest BCUT2D eigenvalue weighted by Crippen LogP contribution is -2.38. The Kier molecular flexibility index (Phi) is 6.67. The van der Waals surface area contributed by atoms with Gasteiger partial charge in [-0.3, -0.25) is 4.79 Å². The third-order valence-corrected chi connectivity index (χ3v) is 8.07. The number of halogens is 2. The molecule has 5 nitrogen and oxygen atoms in total. The van der Waals surface area contributed by atoms with E-state index in [2.05, 4.69) is 4.57 Å². The molecule has 1 aliphatic rings. The number of imidazole rings is 1. The summed E-state index contributed by atoms with van der Waals surface area (Å²) in [7, 11) is 0. The molecule has 39 heavy (non-hydrogen) atoms. The van der Waals surface area contributed by atoms with Crippen LogP contribution < -0.4 is 0 Å². The van der Waals surface area contributed by atoms with Crippen molar-refractivity contribution in [3.63, 3.8) is 0 Å². The Balaban J connectivity index is 1.57. The van der Waals surface area contributed by atoms with E-state index in [1.165, 1.54) is 0 Å². The van der Waals surface area contributed by atoms with Crippen molar-refractivity contribution in [1.82, 2.24) is 9.55 Å². The van der Waals surface area contributed by atoms with E-state index >= 15 is 0 Å². The molecular formula is C32H26Cl2N2O3. The quantitative estimate of drug-likeness (QED) is 0.195. The van der Waals surface area contributed by atoms with E-state index in [1.54, 1.807) is 48.5 Å². The number of carboxylic acid groups (broad SMARTS) is 1. The Morgan fingerprint density at radius 2 is 1.44 bits per heavy atom. The van der Waals surface area contributed by atoms with Gasteiger partial charge in [-0.2, -0.15) is 0 Å². The summed E-state index contributed by atoms with van der Waals surface area (Å²) in [5.41, 5.74) is 2.56. The number of rotatable bonds is 8. The van der Waals surface area contributed by atoms with Crippen LogP contribution in [-0.4, -0.2) is 25.7 Å². The van der Waals surface area contributed by atoms with Gasteiger partial charge in [-0.25, -0.2) is 4.98 Å².